The molecule has 3 rings (SSSR count). The molecule has 3 aromatic rings. The van der Waals surface area contributed by atoms with Crippen LogP contribution < -0.4 is 5.73 Å². The van der Waals surface area contributed by atoms with Crippen molar-refractivity contribution in [2.24, 2.45) is 5.73 Å². The van der Waals surface area contributed by atoms with Crippen molar-refractivity contribution in [1.29, 1.82) is 0 Å². The zero-order chi connectivity index (χ0) is 15.0. The van der Waals surface area contributed by atoms with E-state index in [1.54, 1.807) is 16.9 Å². The first kappa shape index (κ1) is 14.2. The summed E-state index contributed by atoms with van der Waals surface area (Å²) in [5, 5.41) is 8.82. The van der Waals surface area contributed by atoms with E-state index in [-0.39, 0.29) is 6.04 Å². The highest BCUT2D eigenvalue weighted by Gasteiger charge is 2.19. The van der Waals surface area contributed by atoms with Crippen LogP contribution in [-0.4, -0.2) is 24.4 Å². The van der Waals surface area contributed by atoms with Gasteiger partial charge in [-0.2, -0.15) is 10.2 Å². The van der Waals surface area contributed by atoms with Crippen LogP contribution in [-0.2, 0) is 13.0 Å². The van der Waals surface area contributed by atoms with Gasteiger partial charge in [-0.05, 0) is 29.8 Å². The van der Waals surface area contributed by atoms with Gasteiger partial charge in [0.25, 0.3) is 0 Å². The molecule has 0 aliphatic carbocycles. The predicted octanol–water partition coefficient (Wildman–Crippen LogP) is 2.26. The first-order valence-electron chi connectivity index (χ1n) is 6.86. The maximum atomic E-state index is 6.40. The summed E-state index contributed by atoms with van der Waals surface area (Å²) in [6.07, 6.45) is 7.84. The molecule has 6 nitrogen and oxygen atoms in total. The number of aryl methyl sites for hydroxylation is 2. The quantitative estimate of drug-likeness (QED) is 0.784. The third kappa shape index (κ3) is 2.47. The normalized spacial score (nSPS) is 13.0. The molecule has 1 atom stereocenters. The van der Waals surface area contributed by atoms with E-state index < -0.39 is 0 Å². The zero-order valence-corrected chi connectivity index (χ0v) is 13.6. The van der Waals surface area contributed by atoms with Gasteiger partial charge in [-0.15, -0.1) is 0 Å². The Morgan fingerprint density at radius 3 is 2.95 bits per heavy atom. The topological polar surface area (TPSA) is 74.0 Å². The number of rotatable bonds is 4. The first-order chi connectivity index (χ1) is 10.1. The number of nitrogens with zero attached hydrogens (tertiary/aromatic N) is 5. The van der Waals surface area contributed by atoms with Crippen molar-refractivity contribution in [3.63, 3.8) is 0 Å². The highest BCUT2D eigenvalue weighted by atomic mass is 79.9. The highest BCUT2D eigenvalue weighted by molar-refractivity contribution is 9.10. The van der Waals surface area contributed by atoms with Gasteiger partial charge in [0.2, 0.25) is 0 Å². The average Bonchev–Trinajstić information content (AvgIpc) is 3.03. The summed E-state index contributed by atoms with van der Waals surface area (Å²) >= 11 is 3.61. The molecule has 0 saturated heterocycles. The highest BCUT2D eigenvalue weighted by Crippen LogP contribution is 2.26. The van der Waals surface area contributed by atoms with E-state index >= 15 is 0 Å². The Morgan fingerprint density at radius 1 is 1.38 bits per heavy atom. The van der Waals surface area contributed by atoms with Crippen molar-refractivity contribution in [3.8, 4) is 0 Å². The lowest BCUT2D eigenvalue weighted by atomic mass is 10.0. The lowest BCUT2D eigenvalue weighted by Crippen LogP contribution is -2.16. The van der Waals surface area contributed by atoms with Gasteiger partial charge in [-0.1, -0.05) is 0 Å². The number of fused-ring (bicyclic) bond motifs is 1. The van der Waals surface area contributed by atoms with Crippen LogP contribution in [0.1, 0.15) is 29.9 Å². The Kier molecular flexibility index (Phi) is 3.77. The lowest BCUT2D eigenvalue weighted by Gasteiger charge is -2.12. The molecule has 0 saturated carbocycles. The van der Waals surface area contributed by atoms with Gasteiger partial charge in [0.05, 0.1) is 33.8 Å². The van der Waals surface area contributed by atoms with Crippen molar-refractivity contribution < 1.29 is 0 Å². The molecule has 0 spiro atoms. The number of halogens is 1. The fourth-order valence-electron chi connectivity index (χ4n) is 2.52. The van der Waals surface area contributed by atoms with Gasteiger partial charge in [0, 0.05) is 37.0 Å². The van der Waals surface area contributed by atoms with Gasteiger partial charge in [-0.25, -0.2) is 4.52 Å². The average molecular weight is 349 g/mol. The van der Waals surface area contributed by atoms with Crippen LogP contribution in [0.25, 0.3) is 5.52 Å². The number of hydrogen-bond acceptors (Lipinski definition) is 4. The van der Waals surface area contributed by atoms with E-state index in [9.17, 15) is 0 Å². The Hall–Kier alpha value is -1.73. The predicted molar refractivity (Wildman–Crippen MR) is 84.0 cm³/mol. The van der Waals surface area contributed by atoms with Crippen molar-refractivity contribution in [1.82, 2.24) is 24.4 Å². The molecule has 0 radical (unpaired) electrons. The van der Waals surface area contributed by atoms with Gasteiger partial charge in [0.1, 0.15) is 0 Å². The maximum Gasteiger partial charge on any atom is 0.0892 e. The van der Waals surface area contributed by atoms with E-state index in [0.717, 1.165) is 33.5 Å². The Labute approximate surface area is 131 Å². The molecule has 0 fully saturated rings. The molecule has 7 heteroatoms. The summed E-state index contributed by atoms with van der Waals surface area (Å²) < 4.78 is 4.82. The molecule has 0 aliphatic rings. The first-order valence-corrected chi connectivity index (χ1v) is 7.65. The van der Waals surface area contributed by atoms with Crippen LogP contribution in [0.5, 0.6) is 0 Å². The SMILES string of the molecule is CCn1nc(C)c(Br)c1CC(N)c1cnn2ccncc12. The van der Waals surface area contributed by atoms with E-state index in [4.69, 9.17) is 5.73 Å². The largest absolute Gasteiger partial charge is 0.324 e. The molecule has 110 valence electrons. The fraction of sp³-hybridized carbons (Fsp3) is 0.357. The lowest BCUT2D eigenvalue weighted by molar-refractivity contribution is 0.587. The van der Waals surface area contributed by atoms with E-state index in [1.165, 1.54) is 0 Å². The van der Waals surface area contributed by atoms with Crippen LogP contribution in [0.15, 0.2) is 29.3 Å². The van der Waals surface area contributed by atoms with Gasteiger partial charge in [0.15, 0.2) is 0 Å². The van der Waals surface area contributed by atoms with Crippen LogP contribution in [0.2, 0.25) is 0 Å². The summed E-state index contributed by atoms with van der Waals surface area (Å²) in [6.45, 7) is 4.89. The van der Waals surface area contributed by atoms with Gasteiger partial charge >= 0.3 is 0 Å². The summed E-state index contributed by atoms with van der Waals surface area (Å²) in [4.78, 5) is 4.15. The van der Waals surface area contributed by atoms with Gasteiger partial charge in [-0.3, -0.25) is 9.67 Å². The molecule has 3 aromatic heterocycles. The third-order valence-corrected chi connectivity index (χ3v) is 4.65. The maximum absolute atomic E-state index is 6.40. The minimum atomic E-state index is -0.149. The second-order valence-electron chi connectivity index (χ2n) is 4.98. The van der Waals surface area contributed by atoms with Crippen LogP contribution in [0.4, 0.5) is 0 Å². The summed E-state index contributed by atoms with van der Waals surface area (Å²) in [5.41, 5.74) is 10.4. The summed E-state index contributed by atoms with van der Waals surface area (Å²) in [5.74, 6) is 0. The molecule has 21 heavy (non-hydrogen) atoms. The summed E-state index contributed by atoms with van der Waals surface area (Å²) in [7, 11) is 0. The van der Waals surface area contributed by atoms with Crippen molar-refractivity contribution in [3.05, 3.63) is 46.2 Å². The molecule has 1 unspecified atom stereocenters. The van der Waals surface area contributed by atoms with Crippen molar-refractivity contribution in [2.45, 2.75) is 32.9 Å². The molecule has 0 aromatic carbocycles. The van der Waals surface area contributed by atoms with Crippen LogP contribution in [0, 0.1) is 6.92 Å². The van der Waals surface area contributed by atoms with Crippen molar-refractivity contribution in [2.75, 3.05) is 0 Å². The number of nitrogens with two attached hydrogens (primary N) is 1. The Balaban J connectivity index is 1.95. The summed E-state index contributed by atoms with van der Waals surface area (Å²) in [6, 6.07) is -0.149. The molecular weight excluding hydrogens is 332 g/mol. The molecular formula is C14H17BrN6. The van der Waals surface area contributed by atoms with E-state index in [2.05, 4.69) is 38.0 Å². The number of aromatic nitrogens is 5. The third-order valence-electron chi connectivity index (χ3n) is 3.62. The monoisotopic (exact) mass is 348 g/mol. The fourth-order valence-corrected chi connectivity index (χ4v) is 2.97. The Morgan fingerprint density at radius 2 is 2.19 bits per heavy atom. The van der Waals surface area contributed by atoms with Crippen LogP contribution >= 0.6 is 15.9 Å². The minimum absolute atomic E-state index is 0.149. The van der Waals surface area contributed by atoms with Gasteiger partial charge < -0.3 is 5.73 Å². The minimum Gasteiger partial charge on any atom is -0.324 e. The van der Waals surface area contributed by atoms with Crippen LogP contribution in [0.3, 0.4) is 0 Å². The zero-order valence-electron chi connectivity index (χ0n) is 12.0. The second kappa shape index (κ2) is 5.57. The smallest absolute Gasteiger partial charge is 0.0892 e. The molecule has 0 aliphatic heterocycles. The second-order valence-corrected chi connectivity index (χ2v) is 5.77. The molecule has 3 heterocycles. The van der Waals surface area contributed by atoms with E-state index in [1.807, 2.05) is 24.0 Å². The van der Waals surface area contributed by atoms with E-state index in [0.29, 0.717) is 6.42 Å². The van der Waals surface area contributed by atoms with Crippen molar-refractivity contribution >= 4 is 21.4 Å². The Bertz CT molecular complexity index is 775. The number of hydrogen-bond donors (Lipinski definition) is 1. The standard InChI is InChI=1S/C14H17BrN6/c1-3-20-12(14(15)9(2)19-20)6-11(16)10-7-18-21-5-4-17-8-13(10)21/h4-5,7-8,11H,3,6,16H2,1-2H3. The molecule has 2 N–H and O–H groups in total. The molecule has 0 bridgehead atoms. The molecule has 0 amide bonds.